The second-order valence-corrected chi connectivity index (χ2v) is 7.26. The lowest BCUT2D eigenvalue weighted by molar-refractivity contribution is 0.180. The fourth-order valence-corrected chi connectivity index (χ4v) is 4.16. The average Bonchev–Trinajstić information content (AvgIpc) is 2.28. The fraction of sp³-hybridized carbons (Fsp3) is 0.500. The molecule has 108 valence electrons. The zero-order chi connectivity index (χ0) is 14.3. The van der Waals surface area contributed by atoms with Gasteiger partial charge >= 0.3 is 0 Å². The minimum Gasteiger partial charge on any atom is -0.399 e. The van der Waals surface area contributed by atoms with Crippen molar-refractivity contribution < 1.29 is 13.2 Å². The van der Waals surface area contributed by atoms with Crippen molar-refractivity contribution in [3.8, 4) is 0 Å². The molecule has 5 nitrogen and oxygen atoms in total. The Morgan fingerprint density at radius 2 is 2.21 bits per heavy atom. The number of rotatable bonds is 8. The molecule has 19 heavy (non-hydrogen) atoms. The molecule has 1 atom stereocenters. The summed E-state index contributed by atoms with van der Waals surface area (Å²) in [6, 6.07) is 7.18. The van der Waals surface area contributed by atoms with Gasteiger partial charge in [-0.15, -0.1) is 11.8 Å². The van der Waals surface area contributed by atoms with Gasteiger partial charge in [0.25, 0.3) is 0 Å². The third-order valence-corrected chi connectivity index (χ3v) is 5.03. The minimum atomic E-state index is -3.27. The maximum absolute atomic E-state index is 11.8. The molecule has 0 heterocycles. The number of ether oxygens (including phenoxy) is 1. The summed E-state index contributed by atoms with van der Waals surface area (Å²) in [7, 11) is -1.72. The van der Waals surface area contributed by atoms with Crippen LogP contribution in [0.25, 0.3) is 0 Å². The molecule has 0 amide bonds. The van der Waals surface area contributed by atoms with E-state index in [-0.39, 0.29) is 11.8 Å². The van der Waals surface area contributed by atoms with Gasteiger partial charge in [-0.25, -0.2) is 13.1 Å². The molecule has 1 aromatic carbocycles. The topological polar surface area (TPSA) is 81.4 Å². The zero-order valence-corrected chi connectivity index (χ0v) is 12.8. The number of nitrogens with two attached hydrogens (primary N) is 1. The van der Waals surface area contributed by atoms with Crippen LogP contribution in [0, 0.1) is 0 Å². The SMILES string of the molecule is COCC(C)NS(=O)(=O)CCSc1cccc(N)c1. The predicted octanol–water partition coefficient (Wildman–Crippen LogP) is 1.32. The highest BCUT2D eigenvalue weighted by molar-refractivity contribution is 8.00. The minimum absolute atomic E-state index is 0.0700. The third-order valence-electron chi connectivity index (χ3n) is 2.28. The van der Waals surface area contributed by atoms with Crippen molar-refractivity contribution in [3.05, 3.63) is 24.3 Å². The highest BCUT2D eigenvalue weighted by Crippen LogP contribution is 2.20. The number of methoxy groups -OCH3 is 1. The largest absolute Gasteiger partial charge is 0.399 e. The number of anilines is 1. The summed E-state index contributed by atoms with van der Waals surface area (Å²) in [5.74, 6) is 0.555. The molecule has 0 saturated heterocycles. The Morgan fingerprint density at radius 3 is 2.84 bits per heavy atom. The van der Waals surface area contributed by atoms with Gasteiger partial charge in [-0.1, -0.05) is 6.07 Å². The molecule has 0 aliphatic heterocycles. The van der Waals surface area contributed by atoms with Crippen molar-refractivity contribution in [2.45, 2.75) is 17.9 Å². The summed E-state index contributed by atoms with van der Waals surface area (Å²) < 4.78 is 31.0. The maximum atomic E-state index is 11.8. The lowest BCUT2D eigenvalue weighted by Crippen LogP contribution is -2.37. The molecule has 0 saturated carbocycles. The first-order valence-corrected chi connectivity index (χ1v) is 8.54. The molecule has 0 spiro atoms. The number of thioether (sulfide) groups is 1. The number of benzene rings is 1. The molecule has 0 bridgehead atoms. The normalized spacial score (nSPS) is 13.4. The summed E-state index contributed by atoms with van der Waals surface area (Å²) in [4.78, 5) is 0.972. The van der Waals surface area contributed by atoms with E-state index in [0.29, 0.717) is 18.0 Å². The summed E-state index contributed by atoms with van der Waals surface area (Å²) >= 11 is 1.47. The smallest absolute Gasteiger partial charge is 0.212 e. The second kappa shape index (κ2) is 7.74. The second-order valence-electron chi connectivity index (χ2n) is 4.21. The Hall–Kier alpha value is -0.760. The van der Waals surface area contributed by atoms with Crippen molar-refractivity contribution >= 4 is 27.5 Å². The van der Waals surface area contributed by atoms with Crippen LogP contribution in [0.4, 0.5) is 5.69 Å². The van der Waals surface area contributed by atoms with Gasteiger partial charge in [0, 0.05) is 29.5 Å². The molecule has 3 N–H and O–H groups in total. The van der Waals surface area contributed by atoms with E-state index >= 15 is 0 Å². The number of hydrogen-bond acceptors (Lipinski definition) is 5. The Labute approximate surface area is 119 Å². The summed E-state index contributed by atoms with van der Waals surface area (Å²) in [6.45, 7) is 2.13. The Bertz CT molecular complexity index is 492. The lowest BCUT2D eigenvalue weighted by atomic mass is 10.3. The zero-order valence-electron chi connectivity index (χ0n) is 11.1. The van der Waals surface area contributed by atoms with Crippen molar-refractivity contribution in [1.29, 1.82) is 0 Å². The van der Waals surface area contributed by atoms with Crippen LogP contribution in [0.15, 0.2) is 29.2 Å². The van der Waals surface area contributed by atoms with Gasteiger partial charge in [0.05, 0.1) is 12.4 Å². The molecule has 1 unspecified atom stereocenters. The van der Waals surface area contributed by atoms with Gasteiger partial charge < -0.3 is 10.5 Å². The average molecular weight is 304 g/mol. The van der Waals surface area contributed by atoms with Gasteiger partial charge in [-0.2, -0.15) is 0 Å². The molecule has 0 aliphatic carbocycles. The van der Waals surface area contributed by atoms with E-state index in [1.807, 2.05) is 18.2 Å². The molecule has 0 radical (unpaired) electrons. The van der Waals surface area contributed by atoms with E-state index in [9.17, 15) is 8.42 Å². The van der Waals surface area contributed by atoms with Gasteiger partial charge in [0.15, 0.2) is 0 Å². The van der Waals surface area contributed by atoms with Crippen LogP contribution in [-0.4, -0.2) is 39.7 Å². The summed E-state index contributed by atoms with van der Waals surface area (Å²) in [5, 5.41) is 0. The van der Waals surface area contributed by atoms with E-state index in [2.05, 4.69) is 4.72 Å². The van der Waals surface area contributed by atoms with E-state index in [4.69, 9.17) is 10.5 Å². The number of hydrogen-bond donors (Lipinski definition) is 2. The van der Waals surface area contributed by atoms with Crippen LogP contribution in [0.1, 0.15) is 6.92 Å². The van der Waals surface area contributed by atoms with Crippen LogP contribution in [-0.2, 0) is 14.8 Å². The quantitative estimate of drug-likeness (QED) is 0.559. The molecular formula is C12H20N2O3S2. The number of sulfonamides is 1. The molecule has 7 heteroatoms. The Balaban J connectivity index is 2.39. The van der Waals surface area contributed by atoms with E-state index < -0.39 is 10.0 Å². The van der Waals surface area contributed by atoms with E-state index in [1.165, 1.54) is 11.8 Å². The first-order valence-electron chi connectivity index (χ1n) is 5.90. The maximum Gasteiger partial charge on any atom is 0.212 e. The molecular weight excluding hydrogens is 284 g/mol. The van der Waals surface area contributed by atoms with Crippen molar-refractivity contribution in [1.82, 2.24) is 4.72 Å². The van der Waals surface area contributed by atoms with Crippen LogP contribution in [0.2, 0.25) is 0 Å². The molecule has 0 aromatic heterocycles. The summed E-state index contributed by atoms with van der Waals surface area (Å²) in [5.41, 5.74) is 6.34. The monoisotopic (exact) mass is 304 g/mol. The lowest BCUT2D eigenvalue weighted by Gasteiger charge is -2.12. The number of nitrogens with one attached hydrogen (secondary N) is 1. The first kappa shape index (κ1) is 16.3. The van der Waals surface area contributed by atoms with Crippen LogP contribution >= 0.6 is 11.8 Å². The van der Waals surface area contributed by atoms with Crippen molar-refractivity contribution in [2.24, 2.45) is 0 Å². The predicted molar refractivity (Wildman–Crippen MR) is 79.8 cm³/mol. The number of nitrogen functional groups attached to an aromatic ring is 1. The highest BCUT2D eigenvalue weighted by Gasteiger charge is 2.14. The van der Waals surface area contributed by atoms with Crippen LogP contribution in [0.3, 0.4) is 0 Å². The Kier molecular flexibility index (Phi) is 6.64. The molecule has 0 aliphatic rings. The fourth-order valence-electron chi connectivity index (χ4n) is 1.52. The third kappa shape index (κ3) is 6.81. The molecule has 1 rings (SSSR count). The van der Waals surface area contributed by atoms with Crippen molar-refractivity contribution in [2.75, 3.05) is 31.0 Å². The van der Waals surface area contributed by atoms with Gasteiger partial charge in [-0.3, -0.25) is 0 Å². The van der Waals surface area contributed by atoms with Crippen LogP contribution < -0.4 is 10.5 Å². The highest BCUT2D eigenvalue weighted by atomic mass is 32.2. The van der Waals surface area contributed by atoms with E-state index in [0.717, 1.165) is 4.90 Å². The summed E-state index contributed by atoms with van der Waals surface area (Å²) in [6.07, 6.45) is 0. The molecule has 1 aromatic rings. The standard InChI is InChI=1S/C12H20N2O3S2/c1-10(9-17-2)14-19(15,16)7-6-18-12-5-3-4-11(13)8-12/h3-5,8,10,14H,6-7,9,13H2,1-2H3. The van der Waals surface area contributed by atoms with E-state index in [1.54, 1.807) is 20.1 Å². The van der Waals surface area contributed by atoms with Gasteiger partial charge in [0.2, 0.25) is 10.0 Å². The first-order chi connectivity index (χ1) is 8.93. The molecule has 0 fully saturated rings. The van der Waals surface area contributed by atoms with Crippen LogP contribution in [0.5, 0.6) is 0 Å². The van der Waals surface area contributed by atoms with Crippen molar-refractivity contribution in [3.63, 3.8) is 0 Å². The Morgan fingerprint density at radius 1 is 1.47 bits per heavy atom. The van der Waals surface area contributed by atoms with Gasteiger partial charge in [-0.05, 0) is 25.1 Å². The van der Waals surface area contributed by atoms with Gasteiger partial charge in [0.1, 0.15) is 0 Å².